The summed E-state index contributed by atoms with van der Waals surface area (Å²) in [7, 11) is 0. The predicted molar refractivity (Wildman–Crippen MR) is 107 cm³/mol. The van der Waals surface area contributed by atoms with E-state index in [1.807, 2.05) is 30.3 Å². The number of nitrogens with zero attached hydrogens (tertiary/aromatic N) is 1. The van der Waals surface area contributed by atoms with E-state index in [4.69, 9.17) is 0 Å². The molecular formula is C22H26N2O4. The van der Waals surface area contributed by atoms with Crippen molar-refractivity contribution < 1.29 is 19.8 Å². The van der Waals surface area contributed by atoms with Gasteiger partial charge in [0.25, 0.3) is 5.91 Å². The molecule has 0 aliphatic carbocycles. The number of piperidine rings is 1. The van der Waals surface area contributed by atoms with Crippen LogP contribution in [0.5, 0.6) is 5.75 Å². The number of rotatable bonds is 5. The molecule has 3 N–H and O–H groups in total. The number of aromatic hydroxyl groups is 1. The summed E-state index contributed by atoms with van der Waals surface area (Å²) in [5.41, 5.74) is 1.11. The van der Waals surface area contributed by atoms with Crippen LogP contribution in [0.1, 0.15) is 42.1 Å². The average Bonchev–Trinajstić information content (AvgIpc) is 2.75. The van der Waals surface area contributed by atoms with E-state index in [2.05, 4.69) is 5.32 Å². The van der Waals surface area contributed by atoms with E-state index in [-0.39, 0.29) is 29.7 Å². The number of aliphatic hydroxyl groups is 1. The lowest BCUT2D eigenvalue weighted by atomic mass is 9.74. The van der Waals surface area contributed by atoms with Gasteiger partial charge in [-0.05, 0) is 36.6 Å². The number of hydrogen-bond acceptors (Lipinski definition) is 4. The first kappa shape index (κ1) is 19.9. The van der Waals surface area contributed by atoms with E-state index in [9.17, 15) is 19.8 Å². The minimum absolute atomic E-state index is 0.0562. The molecule has 1 aliphatic heterocycles. The number of phenols is 1. The van der Waals surface area contributed by atoms with Gasteiger partial charge >= 0.3 is 0 Å². The highest BCUT2D eigenvalue weighted by atomic mass is 16.3. The second kappa shape index (κ2) is 8.44. The number of phenolic OH excluding ortho intramolecular Hbond substituents is 1. The number of aliphatic hydroxyl groups excluding tert-OH is 1. The third-order valence-electron chi connectivity index (χ3n) is 5.38. The van der Waals surface area contributed by atoms with E-state index in [1.165, 1.54) is 12.1 Å². The Labute approximate surface area is 164 Å². The topological polar surface area (TPSA) is 89.9 Å². The molecule has 0 saturated carbocycles. The number of amides is 2. The SMILES string of the molecule is CCC(=O)Nc1ccc(O)c(C(=O)N2CCCC(CO)(c3ccccc3)C2)c1. The minimum atomic E-state index is -0.515. The van der Waals surface area contributed by atoms with Gasteiger partial charge in [-0.3, -0.25) is 9.59 Å². The molecule has 1 saturated heterocycles. The van der Waals surface area contributed by atoms with Crippen molar-refractivity contribution in [1.29, 1.82) is 0 Å². The summed E-state index contributed by atoms with van der Waals surface area (Å²) in [5.74, 6) is -0.594. The van der Waals surface area contributed by atoms with Crippen molar-refractivity contribution in [2.75, 3.05) is 25.0 Å². The van der Waals surface area contributed by atoms with Crippen molar-refractivity contribution in [2.24, 2.45) is 0 Å². The summed E-state index contributed by atoms with van der Waals surface area (Å²) in [6.07, 6.45) is 1.87. The molecule has 1 fully saturated rings. The molecule has 0 bridgehead atoms. The summed E-state index contributed by atoms with van der Waals surface area (Å²) < 4.78 is 0. The quantitative estimate of drug-likeness (QED) is 0.694. The molecule has 2 aromatic carbocycles. The zero-order valence-electron chi connectivity index (χ0n) is 16.0. The smallest absolute Gasteiger partial charge is 0.257 e. The molecular weight excluding hydrogens is 356 g/mol. The van der Waals surface area contributed by atoms with Crippen LogP contribution in [0.2, 0.25) is 0 Å². The lowest BCUT2D eigenvalue weighted by molar-refractivity contribution is -0.115. The Kier molecular flexibility index (Phi) is 5.99. The summed E-state index contributed by atoms with van der Waals surface area (Å²) >= 11 is 0. The van der Waals surface area contributed by atoms with E-state index < -0.39 is 5.41 Å². The van der Waals surface area contributed by atoms with Gasteiger partial charge in [0.15, 0.2) is 0 Å². The van der Waals surface area contributed by atoms with Crippen molar-refractivity contribution in [3.05, 3.63) is 59.7 Å². The highest BCUT2D eigenvalue weighted by molar-refractivity contribution is 5.99. The Bertz CT molecular complexity index is 853. The lowest BCUT2D eigenvalue weighted by Crippen LogP contribution is -2.50. The second-order valence-corrected chi connectivity index (χ2v) is 7.27. The molecule has 6 heteroatoms. The van der Waals surface area contributed by atoms with Crippen LogP contribution in [-0.4, -0.2) is 46.6 Å². The van der Waals surface area contributed by atoms with Crippen molar-refractivity contribution in [1.82, 2.24) is 4.90 Å². The van der Waals surface area contributed by atoms with Gasteiger partial charge in [-0.15, -0.1) is 0 Å². The highest BCUT2D eigenvalue weighted by Gasteiger charge is 2.38. The maximum atomic E-state index is 13.1. The number of likely N-dealkylation sites (tertiary alicyclic amines) is 1. The third kappa shape index (κ3) is 4.02. The summed E-state index contributed by atoms with van der Waals surface area (Å²) in [4.78, 5) is 26.4. The summed E-state index contributed by atoms with van der Waals surface area (Å²) in [6.45, 7) is 2.61. The van der Waals surface area contributed by atoms with E-state index >= 15 is 0 Å². The van der Waals surface area contributed by atoms with Crippen LogP contribution in [0.4, 0.5) is 5.69 Å². The lowest BCUT2D eigenvalue weighted by Gasteiger charge is -2.42. The van der Waals surface area contributed by atoms with Gasteiger partial charge in [0.1, 0.15) is 5.75 Å². The van der Waals surface area contributed by atoms with Crippen molar-refractivity contribution in [2.45, 2.75) is 31.6 Å². The fourth-order valence-electron chi connectivity index (χ4n) is 3.76. The molecule has 1 aliphatic rings. The van der Waals surface area contributed by atoms with Crippen LogP contribution in [0.15, 0.2) is 48.5 Å². The van der Waals surface area contributed by atoms with Gasteiger partial charge in [-0.25, -0.2) is 0 Å². The summed E-state index contributed by atoms with van der Waals surface area (Å²) in [5, 5.41) is 23.1. The van der Waals surface area contributed by atoms with Gasteiger partial charge in [0, 0.05) is 30.6 Å². The van der Waals surface area contributed by atoms with Crippen molar-refractivity contribution >= 4 is 17.5 Å². The Morgan fingerprint density at radius 2 is 1.93 bits per heavy atom. The zero-order chi connectivity index (χ0) is 20.1. The monoisotopic (exact) mass is 382 g/mol. The maximum Gasteiger partial charge on any atom is 0.257 e. The third-order valence-corrected chi connectivity index (χ3v) is 5.38. The first-order valence-corrected chi connectivity index (χ1v) is 9.57. The molecule has 28 heavy (non-hydrogen) atoms. The normalized spacial score (nSPS) is 19.3. The molecule has 0 radical (unpaired) electrons. The maximum absolute atomic E-state index is 13.1. The molecule has 1 unspecified atom stereocenters. The number of hydrogen-bond donors (Lipinski definition) is 3. The van der Waals surface area contributed by atoms with E-state index in [0.29, 0.717) is 25.2 Å². The Morgan fingerprint density at radius 1 is 1.18 bits per heavy atom. The van der Waals surface area contributed by atoms with Gasteiger partial charge in [0.05, 0.1) is 12.2 Å². The average molecular weight is 382 g/mol. The fraction of sp³-hybridized carbons (Fsp3) is 0.364. The van der Waals surface area contributed by atoms with Crippen LogP contribution in [-0.2, 0) is 10.2 Å². The van der Waals surface area contributed by atoms with Crippen molar-refractivity contribution in [3.63, 3.8) is 0 Å². The van der Waals surface area contributed by atoms with Crippen LogP contribution < -0.4 is 5.32 Å². The largest absolute Gasteiger partial charge is 0.507 e. The number of anilines is 1. The van der Waals surface area contributed by atoms with E-state index in [1.54, 1.807) is 17.9 Å². The Hall–Kier alpha value is -2.86. The molecule has 1 heterocycles. The van der Waals surface area contributed by atoms with Crippen molar-refractivity contribution in [3.8, 4) is 5.75 Å². The van der Waals surface area contributed by atoms with E-state index in [0.717, 1.165) is 18.4 Å². The predicted octanol–water partition coefficient (Wildman–Crippen LogP) is 2.91. The van der Waals surface area contributed by atoms with Gasteiger partial charge in [-0.2, -0.15) is 0 Å². The highest BCUT2D eigenvalue weighted by Crippen LogP contribution is 2.35. The molecule has 0 spiro atoms. The molecule has 2 aromatic rings. The second-order valence-electron chi connectivity index (χ2n) is 7.27. The fourth-order valence-corrected chi connectivity index (χ4v) is 3.76. The van der Waals surface area contributed by atoms with Crippen LogP contribution in [0, 0.1) is 0 Å². The van der Waals surface area contributed by atoms with Crippen LogP contribution in [0.25, 0.3) is 0 Å². The van der Waals surface area contributed by atoms with Crippen LogP contribution in [0.3, 0.4) is 0 Å². The molecule has 0 aromatic heterocycles. The van der Waals surface area contributed by atoms with Gasteiger partial charge < -0.3 is 20.4 Å². The van der Waals surface area contributed by atoms with Gasteiger partial charge in [0.2, 0.25) is 5.91 Å². The Balaban J connectivity index is 1.86. The minimum Gasteiger partial charge on any atom is -0.507 e. The first-order valence-electron chi connectivity index (χ1n) is 9.57. The number of benzene rings is 2. The number of carbonyl (C=O) groups is 2. The first-order chi connectivity index (χ1) is 13.5. The molecule has 6 nitrogen and oxygen atoms in total. The molecule has 2 amide bonds. The number of carbonyl (C=O) groups excluding carboxylic acids is 2. The standard InChI is InChI=1S/C22H26N2O4/c1-2-20(27)23-17-9-10-19(26)18(13-17)21(28)24-12-6-11-22(14-24,15-25)16-7-4-3-5-8-16/h3-5,7-10,13,25-26H,2,6,11-12,14-15H2,1H3,(H,23,27). The molecule has 148 valence electrons. The number of nitrogens with one attached hydrogen (secondary N) is 1. The zero-order valence-corrected chi connectivity index (χ0v) is 16.0. The van der Waals surface area contributed by atoms with Gasteiger partial charge in [-0.1, -0.05) is 37.3 Å². The van der Waals surface area contributed by atoms with Crippen LogP contribution >= 0.6 is 0 Å². The summed E-state index contributed by atoms with van der Waals surface area (Å²) in [6, 6.07) is 14.2. The molecule has 1 atom stereocenters. The Morgan fingerprint density at radius 3 is 2.61 bits per heavy atom. The molecule has 3 rings (SSSR count).